The predicted molar refractivity (Wildman–Crippen MR) is 92.0 cm³/mol. The van der Waals surface area contributed by atoms with Crippen molar-refractivity contribution in [1.82, 2.24) is 4.90 Å². The largest absolute Gasteiger partial charge is 0.477 e. The number of rotatable bonds is 4. The molecule has 1 unspecified atom stereocenters. The number of carboxylic acid groups (broad SMARTS) is 1. The van der Waals surface area contributed by atoms with Crippen molar-refractivity contribution in [2.45, 2.75) is 31.7 Å². The van der Waals surface area contributed by atoms with E-state index in [4.69, 9.17) is 5.11 Å². The van der Waals surface area contributed by atoms with Gasteiger partial charge < -0.3 is 5.11 Å². The van der Waals surface area contributed by atoms with E-state index in [1.807, 2.05) is 6.07 Å². The summed E-state index contributed by atoms with van der Waals surface area (Å²) < 4.78 is 0. The number of benzene rings is 1. The summed E-state index contributed by atoms with van der Waals surface area (Å²) in [6, 6.07) is 14.6. The molecule has 2 fully saturated rings. The Morgan fingerprint density at radius 3 is 2.61 bits per heavy atom. The number of nitrogens with zero attached hydrogens (tertiary/aromatic N) is 1. The monoisotopic (exact) mass is 327 g/mol. The highest BCUT2D eigenvalue weighted by molar-refractivity contribution is 7.13. The van der Waals surface area contributed by atoms with Gasteiger partial charge in [0.25, 0.3) is 0 Å². The highest BCUT2D eigenvalue weighted by Crippen LogP contribution is 2.55. The molecule has 1 spiro atoms. The van der Waals surface area contributed by atoms with Crippen molar-refractivity contribution < 1.29 is 9.90 Å². The standard InChI is InChI=1S/C19H21NO2S/c21-18(22)17-8-7-15(23-17)11-20-12-16(14-5-2-1-3-6-14)19(13-20)9-4-10-19/h1-3,5-8,16H,4,9-13H2,(H,21,22). The minimum Gasteiger partial charge on any atom is -0.477 e. The van der Waals surface area contributed by atoms with Gasteiger partial charge in [-0.1, -0.05) is 36.8 Å². The molecule has 23 heavy (non-hydrogen) atoms. The molecule has 4 heteroatoms. The van der Waals surface area contributed by atoms with Crippen LogP contribution in [0.3, 0.4) is 0 Å². The van der Waals surface area contributed by atoms with E-state index in [1.165, 1.54) is 36.2 Å². The Morgan fingerprint density at radius 1 is 1.22 bits per heavy atom. The van der Waals surface area contributed by atoms with Gasteiger partial charge in [-0.25, -0.2) is 4.79 Å². The molecule has 0 bridgehead atoms. The summed E-state index contributed by atoms with van der Waals surface area (Å²) in [6.45, 7) is 3.11. The predicted octanol–water partition coefficient (Wildman–Crippen LogP) is 4.22. The zero-order valence-corrected chi connectivity index (χ0v) is 13.9. The van der Waals surface area contributed by atoms with Gasteiger partial charge in [0.2, 0.25) is 0 Å². The maximum absolute atomic E-state index is 11.0. The SMILES string of the molecule is O=C(O)c1ccc(CN2CC(c3ccccc3)C3(CCC3)C2)s1. The minimum absolute atomic E-state index is 0.442. The molecular weight excluding hydrogens is 306 g/mol. The summed E-state index contributed by atoms with van der Waals surface area (Å²) in [7, 11) is 0. The van der Waals surface area contributed by atoms with Gasteiger partial charge in [-0.05, 0) is 36.0 Å². The first-order valence-electron chi connectivity index (χ1n) is 8.26. The lowest BCUT2D eigenvalue weighted by Crippen LogP contribution is -2.36. The highest BCUT2D eigenvalue weighted by atomic mass is 32.1. The lowest BCUT2D eigenvalue weighted by Gasteiger charge is -2.43. The van der Waals surface area contributed by atoms with E-state index in [-0.39, 0.29) is 0 Å². The maximum atomic E-state index is 11.0. The van der Waals surface area contributed by atoms with Crippen LogP contribution >= 0.6 is 11.3 Å². The summed E-state index contributed by atoms with van der Waals surface area (Å²) in [5.41, 5.74) is 1.92. The van der Waals surface area contributed by atoms with Crippen molar-refractivity contribution in [3.63, 3.8) is 0 Å². The van der Waals surface area contributed by atoms with Gasteiger partial charge >= 0.3 is 5.97 Å². The number of thiophene rings is 1. The third kappa shape index (κ3) is 2.70. The smallest absolute Gasteiger partial charge is 0.345 e. The fourth-order valence-electron chi connectivity index (χ4n) is 4.27. The molecule has 1 N–H and O–H groups in total. The molecule has 2 heterocycles. The average Bonchev–Trinajstić information content (AvgIpc) is 3.13. The molecule has 1 aromatic heterocycles. The van der Waals surface area contributed by atoms with Crippen LogP contribution in [0.5, 0.6) is 0 Å². The molecule has 2 aliphatic rings. The van der Waals surface area contributed by atoms with Crippen molar-refractivity contribution in [3.05, 3.63) is 57.8 Å². The normalized spacial score (nSPS) is 23.0. The van der Waals surface area contributed by atoms with Crippen LogP contribution in [-0.4, -0.2) is 29.1 Å². The molecule has 1 aliphatic carbocycles. The minimum atomic E-state index is -0.819. The van der Waals surface area contributed by atoms with Crippen LogP contribution in [0.1, 0.15) is 45.3 Å². The third-order valence-corrected chi connectivity index (χ3v) is 6.58. The molecule has 1 aliphatic heterocycles. The van der Waals surface area contributed by atoms with Gasteiger partial charge in [-0.3, -0.25) is 4.90 Å². The summed E-state index contributed by atoms with van der Waals surface area (Å²) in [5.74, 6) is -0.198. The Morgan fingerprint density at radius 2 is 2.00 bits per heavy atom. The maximum Gasteiger partial charge on any atom is 0.345 e. The van der Waals surface area contributed by atoms with Crippen molar-refractivity contribution in [2.75, 3.05) is 13.1 Å². The van der Waals surface area contributed by atoms with E-state index in [0.717, 1.165) is 24.5 Å². The van der Waals surface area contributed by atoms with E-state index in [2.05, 4.69) is 35.2 Å². The Kier molecular flexibility index (Phi) is 3.74. The molecule has 4 rings (SSSR count). The molecule has 120 valence electrons. The second-order valence-electron chi connectivity index (χ2n) is 6.92. The van der Waals surface area contributed by atoms with Gasteiger partial charge in [0.1, 0.15) is 4.88 Å². The van der Waals surface area contributed by atoms with Crippen molar-refractivity contribution >= 4 is 17.3 Å². The Hall–Kier alpha value is -1.65. The molecule has 1 aromatic carbocycles. The van der Waals surface area contributed by atoms with Crippen LogP contribution in [0.2, 0.25) is 0 Å². The van der Waals surface area contributed by atoms with Crippen molar-refractivity contribution in [1.29, 1.82) is 0 Å². The van der Waals surface area contributed by atoms with E-state index in [1.54, 1.807) is 6.07 Å². The number of hydrogen-bond donors (Lipinski definition) is 1. The summed E-state index contributed by atoms with van der Waals surface area (Å²) in [6.07, 6.45) is 4.00. The molecule has 0 radical (unpaired) electrons. The molecule has 2 aromatic rings. The molecule has 0 amide bonds. The molecule has 3 nitrogen and oxygen atoms in total. The van der Waals surface area contributed by atoms with Crippen LogP contribution < -0.4 is 0 Å². The molecule has 1 atom stereocenters. The van der Waals surface area contributed by atoms with Crippen LogP contribution in [-0.2, 0) is 6.54 Å². The summed E-state index contributed by atoms with van der Waals surface area (Å²) in [4.78, 5) is 15.2. The van der Waals surface area contributed by atoms with Gasteiger partial charge in [-0.15, -0.1) is 11.3 Å². The van der Waals surface area contributed by atoms with E-state index < -0.39 is 5.97 Å². The van der Waals surface area contributed by atoms with Gasteiger partial charge in [0.15, 0.2) is 0 Å². The number of hydrogen-bond acceptors (Lipinski definition) is 3. The first kappa shape index (κ1) is 14.9. The van der Waals surface area contributed by atoms with Crippen molar-refractivity contribution in [3.8, 4) is 0 Å². The second-order valence-corrected chi connectivity index (χ2v) is 8.09. The van der Waals surface area contributed by atoms with Gasteiger partial charge in [0.05, 0.1) is 0 Å². The molecule has 1 saturated heterocycles. The van der Waals surface area contributed by atoms with E-state index in [0.29, 0.717) is 16.2 Å². The number of likely N-dealkylation sites (tertiary alicyclic amines) is 1. The van der Waals surface area contributed by atoms with E-state index >= 15 is 0 Å². The molecule has 1 saturated carbocycles. The van der Waals surface area contributed by atoms with Crippen LogP contribution in [0, 0.1) is 5.41 Å². The first-order valence-corrected chi connectivity index (χ1v) is 9.07. The average molecular weight is 327 g/mol. The zero-order valence-electron chi connectivity index (χ0n) is 13.1. The molecular formula is C19H21NO2S. The fourth-order valence-corrected chi connectivity index (χ4v) is 5.16. The van der Waals surface area contributed by atoms with Crippen LogP contribution in [0.25, 0.3) is 0 Å². The van der Waals surface area contributed by atoms with Gasteiger partial charge in [0, 0.05) is 30.4 Å². The highest BCUT2D eigenvalue weighted by Gasteiger charge is 2.50. The van der Waals surface area contributed by atoms with Crippen LogP contribution in [0.4, 0.5) is 0 Å². The fraction of sp³-hybridized carbons (Fsp3) is 0.421. The summed E-state index contributed by atoms with van der Waals surface area (Å²) >= 11 is 1.41. The Balaban J connectivity index is 1.52. The number of carbonyl (C=O) groups is 1. The first-order chi connectivity index (χ1) is 11.2. The Labute approximate surface area is 140 Å². The second kappa shape index (κ2) is 5.77. The summed E-state index contributed by atoms with van der Waals surface area (Å²) in [5, 5.41) is 9.08. The van der Waals surface area contributed by atoms with Gasteiger partial charge in [-0.2, -0.15) is 0 Å². The van der Waals surface area contributed by atoms with Crippen LogP contribution in [0.15, 0.2) is 42.5 Å². The number of carboxylic acids is 1. The van der Waals surface area contributed by atoms with Crippen molar-refractivity contribution in [2.24, 2.45) is 5.41 Å². The number of aromatic carboxylic acids is 1. The third-order valence-electron chi connectivity index (χ3n) is 5.52. The lowest BCUT2D eigenvalue weighted by molar-refractivity contribution is 0.0702. The Bertz CT molecular complexity index is 705. The topological polar surface area (TPSA) is 40.5 Å². The van der Waals surface area contributed by atoms with E-state index in [9.17, 15) is 4.79 Å². The quantitative estimate of drug-likeness (QED) is 0.914. The lowest BCUT2D eigenvalue weighted by atomic mass is 9.61. The zero-order chi connectivity index (χ0) is 15.9.